The molecule has 21 heavy (non-hydrogen) atoms. The predicted molar refractivity (Wildman–Crippen MR) is 73.9 cm³/mol. The van der Waals surface area contributed by atoms with Crippen LogP contribution in [-0.4, -0.2) is 15.0 Å². The van der Waals surface area contributed by atoms with Gasteiger partial charge < -0.3 is 4.98 Å². The van der Waals surface area contributed by atoms with Crippen molar-refractivity contribution in [2.75, 3.05) is 0 Å². The summed E-state index contributed by atoms with van der Waals surface area (Å²) in [4.78, 5) is 11.4. The standard InChI is InChI=1S/C14H9ClF3N3/c15-6-13-20-11-5-10(19-7-12(11)21-13)8-2-1-3-9(4-8)14(16,17)18/h1-5,7H,6H2,(H,20,21). The Balaban J connectivity index is 2.07. The number of aromatic nitrogens is 3. The molecular weight excluding hydrogens is 303 g/mol. The van der Waals surface area contributed by atoms with E-state index in [0.29, 0.717) is 28.1 Å². The molecule has 3 aromatic rings. The minimum atomic E-state index is -4.38. The molecule has 0 saturated heterocycles. The smallest absolute Gasteiger partial charge is 0.340 e. The average molecular weight is 312 g/mol. The van der Waals surface area contributed by atoms with Crippen LogP contribution < -0.4 is 0 Å². The Bertz CT molecular complexity index is 796. The Morgan fingerprint density at radius 1 is 1.19 bits per heavy atom. The Labute approximate surface area is 122 Å². The van der Waals surface area contributed by atoms with Crippen LogP contribution in [0.5, 0.6) is 0 Å². The molecule has 3 rings (SSSR count). The third-order valence-corrected chi connectivity index (χ3v) is 3.28. The second kappa shape index (κ2) is 5.04. The van der Waals surface area contributed by atoms with Crippen molar-refractivity contribution in [3.8, 4) is 11.3 Å². The van der Waals surface area contributed by atoms with Crippen molar-refractivity contribution in [1.29, 1.82) is 0 Å². The number of pyridine rings is 1. The second-order valence-corrected chi connectivity index (χ2v) is 4.75. The van der Waals surface area contributed by atoms with E-state index in [1.807, 2.05) is 0 Å². The number of benzene rings is 1. The van der Waals surface area contributed by atoms with Crippen molar-refractivity contribution in [2.24, 2.45) is 0 Å². The summed E-state index contributed by atoms with van der Waals surface area (Å²) in [5, 5.41) is 0. The van der Waals surface area contributed by atoms with E-state index >= 15 is 0 Å². The molecule has 0 aliphatic carbocycles. The van der Waals surface area contributed by atoms with Crippen molar-refractivity contribution in [2.45, 2.75) is 12.1 Å². The minimum absolute atomic E-state index is 0.230. The van der Waals surface area contributed by atoms with Gasteiger partial charge in [0.05, 0.1) is 34.4 Å². The highest BCUT2D eigenvalue weighted by Gasteiger charge is 2.30. The number of H-pyrrole nitrogens is 1. The van der Waals surface area contributed by atoms with Crippen LogP contribution >= 0.6 is 11.6 Å². The second-order valence-electron chi connectivity index (χ2n) is 4.48. The molecule has 0 amide bonds. The number of rotatable bonds is 2. The lowest BCUT2D eigenvalue weighted by atomic mass is 10.1. The van der Waals surface area contributed by atoms with Gasteiger partial charge in [0.25, 0.3) is 0 Å². The number of halogens is 4. The zero-order valence-electron chi connectivity index (χ0n) is 10.6. The topological polar surface area (TPSA) is 41.6 Å². The van der Waals surface area contributed by atoms with E-state index in [1.165, 1.54) is 12.3 Å². The highest BCUT2D eigenvalue weighted by atomic mass is 35.5. The van der Waals surface area contributed by atoms with Crippen LogP contribution in [0.4, 0.5) is 13.2 Å². The minimum Gasteiger partial charge on any atom is -0.340 e. The first-order chi connectivity index (χ1) is 9.97. The van der Waals surface area contributed by atoms with Crippen molar-refractivity contribution >= 4 is 22.6 Å². The van der Waals surface area contributed by atoms with Gasteiger partial charge >= 0.3 is 6.18 Å². The van der Waals surface area contributed by atoms with Crippen molar-refractivity contribution in [1.82, 2.24) is 15.0 Å². The Hall–Kier alpha value is -2.08. The molecule has 1 N–H and O–H groups in total. The maximum atomic E-state index is 12.7. The van der Waals surface area contributed by atoms with Gasteiger partial charge in [-0.25, -0.2) is 4.98 Å². The van der Waals surface area contributed by atoms with E-state index in [1.54, 1.807) is 12.1 Å². The summed E-state index contributed by atoms with van der Waals surface area (Å²) in [6, 6.07) is 6.68. The number of fused-ring (bicyclic) bond motifs is 1. The maximum Gasteiger partial charge on any atom is 0.416 e. The fourth-order valence-electron chi connectivity index (χ4n) is 2.04. The van der Waals surface area contributed by atoms with Crippen LogP contribution in [0.1, 0.15) is 11.4 Å². The number of hydrogen-bond acceptors (Lipinski definition) is 2. The van der Waals surface area contributed by atoms with Crippen LogP contribution in [0.2, 0.25) is 0 Å². The molecule has 7 heteroatoms. The van der Waals surface area contributed by atoms with Gasteiger partial charge in [0, 0.05) is 5.56 Å². The highest BCUT2D eigenvalue weighted by molar-refractivity contribution is 6.16. The molecule has 3 nitrogen and oxygen atoms in total. The van der Waals surface area contributed by atoms with Crippen molar-refractivity contribution in [3.05, 3.63) is 47.9 Å². The summed E-state index contributed by atoms with van der Waals surface area (Å²) < 4.78 is 38.2. The molecule has 0 spiro atoms. The number of nitrogens with zero attached hydrogens (tertiary/aromatic N) is 2. The van der Waals surface area contributed by atoms with E-state index in [-0.39, 0.29) is 5.88 Å². The quantitative estimate of drug-likeness (QED) is 0.713. The van der Waals surface area contributed by atoms with Crippen molar-refractivity contribution in [3.63, 3.8) is 0 Å². The Morgan fingerprint density at radius 2 is 2.00 bits per heavy atom. The molecule has 0 unspecified atom stereocenters. The first-order valence-corrected chi connectivity index (χ1v) is 6.59. The molecule has 2 heterocycles. The van der Waals surface area contributed by atoms with Gasteiger partial charge in [-0.3, -0.25) is 4.98 Å². The van der Waals surface area contributed by atoms with Gasteiger partial charge in [0.15, 0.2) is 0 Å². The van der Waals surface area contributed by atoms with Crippen LogP contribution in [0.3, 0.4) is 0 Å². The molecule has 0 saturated carbocycles. The van der Waals surface area contributed by atoms with Crippen LogP contribution in [-0.2, 0) is 12.1 Å². The number of alkyl halides is 4. The predicted octanol–water partition coefficient (Wildman–Crippen LogP) is 4.38. The van der Waals surface area contributed by atoms with Gasteiger partial charge in [-0.1, -0.05) is 12.1 Å². The van der Waals surface area contributed by atoms with Crippen LogP contribution in [0, 0.1) is 0 Å². The van der Waals surface area contributed by atoms with Crippen LogP contribution in [0.25, 0.3) is 22.3 Å². The van der Waals surface area contributed by atoms with Gasteiger partial charge in [-0.05, 0) is 18.2 Å². The number of aromatic amines is 1. The third kappa shape index (κ3) is 2.71. The highest BCUT2D eigenvalue weighted by Crippen LogP contribution is 2.32. The molecule has 0 fully saturated rings. The Kier molecular flexibility index (Phi) is 3.33. The van der Waals surface area contributed by atoms with E-state index in [0.717, 1.165) is 12.1 Å². The van der Waals surface area contributed by atoms with Gasteiger partial charge in [-0.2, -0.15) is 13.2 Å². The number of nitrogens with one attached hydrogen (secondary N) is 1. The fraction of sp³-hybridized carbons (Fsp3) is 0.143. The molecule has 0 atom stereocenters. The lowest BCUT2D eigenvalue weighted by Crippen LogP contribution is -2.04. The molecule has 1 aromatic carbocycles. The first-order valence-electron chi connectivity index (χ1n) is 6.05. The lowest BCUT2D eigenvalue weighted by Gasteiger charge is -2.08. The van der Waals surface area contributed by atoms with E-state index < -0.39 is 11.7 Å². The first kappa shape index (κ1) is 13.9. The molecule has 0 aliphatic heterocycles. The van der Waals surface area contributed by atoms with Gasteiger partial charge in [-0.15, -0.1) is 11.6 Å². The average Bonchev–Trinajstić information content (AvgIpc) is 2.88. The number of hydrogen-bond donors (Lipinski definition) is 1. The largest absolute Gasteiger partial charge is 0.416 e. The monoisotopic (exact) mass is 311 g/mol. The SMILES string of the molecule is FC(F)(F)c1cccc(-c2cc3nc(CCl)[nH]c3cn2)c1. The zero-order chi connectivity index (χ0) is 15.0. The van der Waals surface area contributed by atoms with E-state index in [4.69, 9.17) is 11.6 Å². The summed E-state index contributed by atoms with van der Waals surface area (Å²) in [6.45, 7) is 0. The Morgan fingerprint density at radius 3 is 2.71 bits per heavy atom. The van der Waals surface area contributed by atoms with E-state index in [2.05, 4.69) is 15.0 Å². The van der Waals surface area contributed by atoms with Gasteiger partial charge in [0.2, 0.25) is 0 Å². The summed E-state index contributed by atoms with van der Waals surface area (Å²) >= 11 is 5.69. The number of imidazole rings is 1. The molecule has 2 aromatic heterocycles. The summed E-state index contributed by atoms with van der Waals surface area (Å²) in [7, 11) is 0. The third-order valence-electron chi connectivity index (χ3n) is 3.03. The fourth-order valence-corrected chi connectivity index (χ4v) is 2.16. The zero-order valence-corrected chi connectivity index (χ0v) is 11.3. The molecule has 108 valence electrons. The molecule has 0 aliphatic rings. The van der Waals surface area contributed by atoms with E-state index in [9.17, 15) is 13.2 Å². The maximum absolute atomic E-state index is 12.7. The van der Waals surface area contributed by atoms with Crippen LogP contribution in [0.15, 0.2) is 36.5 Å². The van der Waals surface area contributed by atoms with Gasteiger partial charge in [0.1, 0.15) is 5.82 Å². The molecule has 0 bridgehead atoms. The van der Waals surface area contributed by atoms with Crippen molar-refractivity contribution < 1.29 is 13.2 Å². The summed E-state index contributed by atoms with van der Waals surface area (Å²) in [5.41, 5.74) is 1.43. The normalized spacial score (nSPS) is 12.0. The molecular formula is C14H9ClF3N3. The summed E-state index contributed by atoms with van der Waals surface area (Å²) in [5.74, 6) is 0.822. The molecule has 0 radical (unpaired) electrons. The summed E-state index contributed by atoms with van der Waals surface area (Å²) in [6.07, 6.45) is -2.84. The lowest BCUT2D eigenvalue weighted by molar-refractivity contribution is -0.137.